The molecule has 3 heteroatoms. The van der Waals surface area contributed by atoms with Crippen molar-refractivity contribution < 1.29 is 37.5 Å². The summed E-state index contributed by atoms with van der Waals surface area (Å²) in [5.74, 6) is -0.0185. The average Bonchev–Trinajstić information content (AvgIpc) is 1.91. The van der Waals surface area contributed by atoms with Crippen LogP contribution in [0.4, 0.5) is 0 Å². The van der Waals surface area contributed by atoms with E-state index in [0.717, 1.165) is 0 Å². The van der Waals surface area contributed by atoms with E-state index >= 15 is 0 Å². The van der Waals surface area contributed by atoms with Gasteiger partial charge in [0.15, 0.2) is 5.91 Å². The molecule has 0 bridgehead atoms. The molecule has 1 N–H and O–H groups in total. The monoisotopic (exact) mass is 204 g/mol. The summed E-state index contributed by atoms with van der Waals surface area (Å²) in [4.78, 5) is 10.0. The zero-order chi connectivity index (χ0) is 6.99. The van der Waals surface area contributed by atoms with Crippen LogP contribution < -0.4 is 5.32 Å². The molecule has 0 aliphatic carbocycles. The van der Waals surface area contributed by atoms with Crippen molar-refractivity contribution in [1.82, 2.24) is 5.32 Å². The number of carbonyl (C=O) groups excluding carboxylic acids is 1. The quantitative estimate of drug-likeness (QED) is 0.628. The number of hydrogen-bond donors (Lipinski definition) is 1. The van der Waals surface area contributed by atoms with E-state index in [1.54, 1.807) is 14.0 Å². The molecule has 0 heterocycles. The average molecular weight is 204 g/mol. The van der Waals surface area contributed by atoms with E-state index in [1.807, 2.05) is 0 Å². The molecule has 9 heavy (non-hydrogen) atoms. The molecule has 53 valence electrons. The zero-order valence-electron chi connectivity index (χ0n) is 6.11. The Morgan fingerprint density at radius 1 is 1.56 bits per heavy atom. The molecule has 0 aromatic carbocycles. The number of nitrogens with one attached hydrogen (secondary N) is 1. The van der Waals surface area contributed by atoms with Gasteiger partial charge >= 0.3 is 0 Å². The zero-order valence-corrected chi connectivity index (χ0v) is 8.95. The largest absolute Gasteiger partial charge is 0.361 e. The van der Waals surface area contributed by atoms with E-state index in [-0.39, 0.29) is 38.6 Å². The summed E-state index contributed by atoms with van der Waals surface area (Å²) >= 11 is 0. The molecule has 0 aliphatic rings. The van der Waals surface area contributed by atoms with Crippen LogP contribution in [0.3, 0.4) is 0 Å². The van der Waals surface area contributed by atoms with E-state index in [1.165, 1.54) is 0 Å². The minimum Gasteiger partial charge on any atom is -0.361 e. The van der Waals surface area contributed by atoms with E-state index in [4.69, 9.17) is 0 Å². The van der Waals surface area contributed by atoms with Crippen molar-refractivity contribution in [2.24, 2.45) is 0 Å². The molecule has 0 spiro atoms. The number of carbonyl (C=O) groups is 1. The van der Waals surface area contributed by atoms with Crippen LogP contribution in [0, 0.1) is 13.8 Å². The van der Waals surface area contributed by atoms with Crippen LogP contribution >= 0.6 is 0 Å². The molecule has 0 saturated carbocycles. The van der Waals surface area contributed by atoms with Gasteiger partial charge in [-0.15, -0.1) is 6.42 Å². The standard InChI is InChI=1S/C4H8NO.C2H5.Y/c1-3-4(6)5-2;1-2;/h1,3H2,2H3,(H,5,6);1H2,2H3;/q2*-1;. The van der Waals surface area contributed by atoms with Gasteiger partial charge in [-0.05, 0) is 0 Å². The second-order valence-electron chi connectivity index (χ2n) is 0.923. The Bertz CT molecular complexity index is 51.0. The van der Waals surface area contributed by atoms with Crippen molar-refractivity contribution in [3.8, 4) is 0 Å². The Kier molecular flexibility index (Phi) is 28.6. The number of hydrogen-bond acceptors (Lipinski definition) is 1. The molecule has 1 amide bonds. The summed E-state index contributed by atoms with van der Waals surface area (Å²) in [5.41, 5.74) is 0. The topological polar surface area (TPSA) is 29.1 Å². The number of rotatable bonds is 1. The minimum absolute atomic E-state index is 0. The van der Waals surface area contributed by atoms with Crippen LogP contribution in [-0.4, -0.2) is 13.0 Å². The Hall–Kier alpha value is 0.574. The fraction of sp³-hybridized carbons (Fsp3) is 0.500. The van der Waals surface area contributed by atoms with Crippen molar-refractivity contribution in [3.63, 3.8) is 0 Å². The molecule has 0 aromatic rings. The normalized spacial score (nSPS) is 5.78. The predicted octanol–water partition coefficient (Wildman–Crippen LogP) is 0.794. The number of amides is 1. The molecule has 0 aromatic heterocycles. The van der Waals surface area contributed by atoms with E-state index in [0.29, 0.717) is 6.42 Å². The van der Waals surface area contributed by atoms with Gasteiger partial charge in [-0.25, -0.2) is 0 Å². The third-order valence-corrected chi connectivity index (χ3v) is 0.506. The van der Waals surface area contributed by atoms with Gasteiger partial charge < -0.3 is 19.2 Å². The molecule has 0 rings (SSSR count). The van der Waals surface area contributed by atoms with Gasteiger partial charge in [0.2, 0.25) is 0 Å². The molecule has 0 fully saturated rings. The maximum atomic E-state index is 10.0. The van der Waals surface area contributed by atoms with Crippen LogP contribution in [0.5, 0.6) is 0 Å². The fourth-order valence-corrected chi connectivity index (χ4v) is 0.125. The SMILES string of the molecule is [CH2-]C.[CH2-]CC(=O)NC.[Y]. The van der Waals surface area contributed by atoms with Gasteiger partial charge in [0, 0.05) is 39.8 Å². The maximum Gasteiger partial charge on any atom is 0.189 e. The van der Waals surface area contributed by atoms with Crippen LogP contribution in [0.15, 0.2) is 0 Å². The molecule has 1 radical (unpaired) electrons. The molecule has 2 nitrogen and oxygen atoms in total. The van der Waals surface area contributed by atoms with Crippen molar-refractivity contribution in [1.29, 1.82) is 0 Å². The Morgan fingerprint density at radius 2 is 1.89 bits per heavy atom. The molecule has 0 saturated heterocycles. The van der Waals surface area contributed by atoms with E-state index < -0.39 is 0 Å². The third kappa shape index (κ3) is 17.7. The molecule has 0 atom stereocenters. The van der Waals surface area contributed by atoms with Crippen molar-refractivity contribution in [3.05, 3.63) is 13.8 Å². The second kappa shape index (κ2) is 15.8. The molecule has 0 aliphatic heterocycles. The first-order chi connectivity index (χ1) is 3.81. The van der Waals surface area contributed by atoms with Gasteiger partial charge in [-0.3, -0.25) is 4.79 Å². The smallest absolute Gasteiger partial charge is 0.189 e. The first-order valence-corrected chi connectivity index (χ1v) is 2.51. The summed E-state index contributed by atoms with van der Waals surface area (Å²) in [6, 6.07) is 0. The van der Waals surface area contributed by atoms with Gasteiger partial charge in [0.1, 0.15) is 0 Å². The van der Waals surface area contributed by atoms with Crippen LogP contribution in [0.2, 0.25) is 0 Å². The third-order valence-electron chi connectivity index (χ3n) is 0.506. The Labute approximate surface area is 82.7 Å². The Morgan fingerprint density at radius 3 is 1.89 bits per heavy atom. The van der Waals surface area contributed by atoms with Crippen LogP contribution in [0.1, 0.15) is 13.3 Å². The van der Waals surface area contributed by atoms with Gasteiger partial charge in [0.05, 0.1) is 0 Å². The summed E-state index contributed by atoms with van der Waals surface area (Å²) in [7, 11) is 1.59. The molecular weight excluding hydrogens is 191 g/mol. The van der Waals surface area contributed by atoms with Crippen LogP contribution in [-0.2, 0) is 37.5 Å². The first kappa shape index (κ1) is 16.3. The van der Waals surface area contributed by atoms with Gasteiger partial charge in [-0.1, -0.05) is 0 Å². The predicted molar refractivity (Wildman–Crippen MR) is 35.1 cm³/mol. The summed E-state index contributed by atoms with van der Waals surface area (Å²) < 4.78 is 0. The fourth-order valence-electron chi connectivity index (χ4n) is 0.125. The first-order valence-electron chi connectivity index (χ1n) is 2.51. The Balaban J connectivity index is -0.000000109. The summed E-state index contributed by atoms with van der Waals surface area (Å²) in [5, 5.41) is 2.41. The molecule has 0 unspecified atom stereocenters. The van der Waals surface area contributed by atoms with Crippen molar-refractivity contribution >= 4 is 5.91 Å². The van der Waals surface area contributed by atoms with Gasteiger partial charge in [0.25, 0.3) is 0 Å². The van der Waals surface area contributed by atoms with E-state index in [9.17, 15) is 4.79 Å². The van der Waals surface area contributed by atoms with Crippen molar-refractivity contribution in [2.45, 2.75) is 13.3 Å². The molecular formula is C6H13NOY-2. The maximum absolute atomic E-state index is 10.0. The van der Waals surface area contributed by atoms with Gasteiger partial charge in [-0.2, -0.15) is 6.92 Å². The minimum atomic E-state index is -0.0185. The summed E-state index contributed by atoms with van der Waals surface area (Å²) in [6.07, 6.45) is 0.330. The second-order valence-corrected chi connectivity index (χ2v) is 0.923. The van der Waals surface area contributed by atoms with Crippen molar-refractivity contribution in [2.75, 3.05) is 7.05 Å². The van der Waals surface area contributed by atoms with Crippen LogP contribution in [0.25, 0.3) is 0 Å². The summed E-state index contributed by atoms with van der Waals surface area (Å²) in [6.45, 7) is 8.34. The van der Waals surface area contributed by atoms with E-state index in [2.05, 4.69) is 19.2 Å².